The minimum atomic E-state index is -1.53. The monoisotopic (exact) mass is 255 g/mol. The van der Waals surface area contributed by atoms with Crippen molar-refractivity contribution in [1.29, 1.82) is 0 Å². The highest BCUT2D eigenvalue weighted by atomic mass is 16.4. The standard InChI is InChI=1S/C12H17NO5/c1-2-3-4-12(5-8-14,11(17)18)13(6-9-15)7-10-16/h2,8-10H,1,3-7H2,(H,17,18)/t12-/m1/s1. The third-order valence-corrected chi connectivity index (χ3v) is 2.78. The Labute approximate surface area is 105 Å². The van der Waals surface area contributed by atoms with Crippen molar-refractivity contribution >= 4 is 24.8 Å². The van der Waals surface area contributed by atoms with Crippen LogP contribution in [-0.4, -0.2) is 53.5 Å². The van der Waals surface area contributed by atoms with Crippen LogP contribution in [0.1, 0.15) is 19.3 Å². The van der Waals surface area contributed by atoms with Gasteiger partial charge in [0.15, 0.2) is 0 Å². The molecule has 0 aromatic carbocycles. The molecule has 1 atom stereocenters. The number of nitrogens with zero attached hydrogens (tertiary/aromatic N) is 1. The summed E-state index contributed by atoms with van der Waals surface area (Å²) in [6.45, 7) is 3.07. The number of hydrogen-bond donors (Lipinski definition) is 1. The minimum Gasteiger partial charge on any atom is -0.480 e. The summed E-state index contributed by atoms with van der Waals surface area (Å²) < 4.78 is 0. The van der Waals surface area contributed by atoms with Crippen molar-refractivity contribution in [2.45, 2.75) is 24.8 Å². The number of hydrogen-bond acceptors (Lipinski definition) is 5. The van der Waals surface area contributed by atoms with E-state index in [0.29, 0.717) is 25.3 Å². The molecule has 0 saturated heterocycles. The summed E-state index contributed by atoms with van der Waals surface area (Å²) in [5.74, 6) is -1.22. The highest BCUT2D eigenvalue weighted by molar-refractivity contribution is 5.83. The van der Waals surface area contributed by atoms with Gasteiger partial charge in [0, 0.05) is 6.42 Å². The molecule has 6 nitrogen and oxygen atoms in total. The minimum absolute atomic E-state index is 0.117. The molecular formula is C12H17NO5. The fourth-order valence-electron chi connectivity index (χ4n) is 1.80. The van der Waals surface area contributed by atoms with Crippen molar-refractivity contribution < 1.29 is 24.3 Å². The lowest BCUT2D eigenvalue weighted by atomic mass is 9.88. The molecule has 0 spiro atoms. The summed E-state index contributed by atoms with van der Waals surface area (Å²) in [5.41, 5.74) is -1.53. The maximum atomic E-state index is 11.4. The summed E-state index contributed by atoms with van der Waals surface area (Å²) in [5, 5.41) is 9.34. The fraction of sp³-hybridized carbons (Fsp3) is 0.500. The lowest BCUT2D eigenvalue weighted by Gasteiger charge is -2.37. The smallest absolute Gasteiger partial charge is 0.324 e. The van der Waals surface area contributed by atoms with Crippen molar-refractivity contribution in [2.24, 2.45) is 0 Å². The Hall–Kier alpha value is -1.82. The van der Waals surface area contributed by atoms with Gasteiger partial charge in [-0.05, 0) is 12.8 Å². The van der Waals surface area contributed by atoms with E-state index in [1.807, 2.05) is 0 Å². The Morgan fingerprint density at radius 3 is 2.06 bits per heavy atom. The van der Waals surface area contributed by atoms with Gasteiger partial charge in [-0.2, -0.15) is 0 Å². The van der Waals surface area contributed by atoms with Gasteiger partial charge < -0.3 is 19.5 Å². The topological polar surface area (TPSA) is 91.8 Å². The number of carboxylic acids is 1. The predicted molar refractivity (Wildman–Crippen MR) is 64.2 cm³/mol. The maximum Gasteiger partial charge on any atom is 0.324 e. The molecule has 0 aliphatic heterocycles. The van der Waals surface area contributed by atoms with Crippen molar-refractivity contribution in [3.05, 3.63) is 12.7 Å². The Bertz CT molecular complexity index is 318. The summed E-state index contributed by atoms with van der Waals surface area (Å²) in [4.78, 5) is 44.5. The van der Waals surface area contributed by atoms with Gasteiger partial charge in [-0.1, -0.05) is 6.08 Å². The first-order valence-electron chi connectivity index (χ1n) is 5.49. The number of aliphatic carboxylic acids is 1. The molecule has 0 heterocycles. The van der Waals surface area contributed by atoms with E-state index in [-0.39, 0.29) is 25.9 Å². The molecule has 18 heavy (non-hydrogen) atoms. The number of carbonyl (C=O) groups is 4. The van der Waals surface area contributed by atoms with Crippen LogP contribution in [0.3, 0.4) is 0 Å². The van der Waals surface area contributed by atoms with E-state index in [2.05, 4.69) is 6.58 Å². The molecule has 0 fully saturated rings. The lowest BCUT2D eigenvalue weighted by molar-refractivity contribution is -0.154. The zero-order chi connectivity index (χ0) is 14.0. The van der Waals surface area contributed by atoms with E-state index in [1.165, 1.54) is 11.0 Å². The number of carboxylic acid groups (broad SMARTS) is 1. The molecule has 0 aromatic rings. The van der Waals surface area contributed by atoms with Gasteiger partial charge in [0.2, 0.25) is 0 Å². The van der Waals surface area contributed by atoms with Crippen molar-refractivity contribution in [2.75, 3.05) is 13.1 Å². The molecule has 0 amide bonds. The van der Waals surface area contributed by atoms with E-state index in [4.69, 9.17) is 0 Å². The molecule has 1 N–H and O–H groups in total. The van der Waals surface area contributed by atoms with Gasteiger partial charge in [0.25, 0.3) is 0 Å². The largest absolute Gasteiger partial charge is 0.480 e. The second kappa shape index (κ2) is 8.30. The first-order chi connectivity index (χ1) is 8.58. The molecule has 0 aliphatic rings. The molecular weight excluding hydrogens is 238 g/mol. The average molecular weight is 255 g/mol. The van der Waals surface area contributed by atoms with Crippen LogP contribution < -0.4 is 0 Å². The number of rotatable bonds is 11. The van der Waals surface area contributed by atoms with Crippen molar-refractivity contribution in [3.63, 3.8) is 0 Å². The van der Waals surface area contributed by atoms with Crippen LogP contribution in [0.5, 0.6) is 0 Å². The number of allylic oxidation sites excluding steroid dienone is 1. The maximum absolute atomic E-state index is 11.4. The van der Waals surface area contributed by atoms with Gasteiger partial charge in [-0.25, -0.2) is 0 Å². The van der Waals surface area contributed by atoms with Gasteiger partial charge in [-0.15, -0.1) is 6.58 Å². The van der Waals surface area contributed by atoms with E-state index < -0.39 is 11.5 Å². The summed E-state index contributed by atoms with van der Waals surface area (Å²) in [7, 11) is 0. The SMILES string of the molecule is C=CCC[C@@](CC=O)(C(=O)O)N(CC=O)CC=O. The summed E-state index contributed by atoms with van der Waals surface area (Å²) in [6.07, 6.45) is 3.25. The Morgan fingerprint density at radius 1 is 1.17 bits per heavy atom. The van der Waals surface area contributed by atoms with E-state index in [9.17, 15) is 24.3 Å². The zero-order valence-corrected chi connectivity index (χ0v) is 10.1. The average Bonchev–Trinajstić information content (AvgIpc) is 2.34. The van der Waals surface area contributed by atoms with Gasteiger partial charge in [-0.3, -0.25) is 9.69 Å². The second-order valence-corrected chi connectivity index (χ2v) is 3.77. The summed E-state index contributed by atoms with van der Waals surface area (Å²) in [6, 6.07) is 0. The normalized spacial score (nSPS) is 13.6. The van der Waals surface area contributed by atoms with E-state index in [1.54, 1.807) is 0 Å². The highest BCUT2D eigenvalue weighted by Crippen LogP contribution is 2.25. The Balaban J connectivity index is 5.36. The van der Waals surface area contributed by atoms with Gasteiger partial charge in [0.1, 0.15) is 24.4 Å². The summed E-state index contributed by atoms with van der Waals surface area (Å²) >= 11 is 0. The molecule has 100 valence electrons. The molecule has 0 radical (unpaired) electrons. The first-order valence-corrected chi connectivity index (χ1v) is 5.49. The van der Waals surface area contributed by atoms with Crippen LogP contribution in [0, 0.1) is 0 Å². The second-order valence-electron chi connectivity index (χ2n) is 3.77. The van der Waals surface area contributed by atoms with Crippen molar-refractivity contribution in [1.82, 2.24) is 4.90 Å². The quantitative estimate of drug-likeness (QED) is 0.415. The van der Waals surface area contributed by atoms with Gasteiger partial charge >= 0.3 is 5.97 Å². The van der Waals surface area contributed by atoms with E-state index >= 15 is 0 Å². The molecule has 0 saturated carbocycles. The molecule has 0 unspecified atom stereocenters. The van der Waals surface area contributed by atoms with Crippen molar-refractivity contribution in [3.8, 4) is 0 Å². The van der Waals surface area contributed by atoms with Crippen LogP contribution in [0.2, 0.25) is 0 Å². The molecule has 0 rings (SSSR count). The molecule has 0 aliphatic carbocycles. The van der Waals surface area contributed by atoms with Crippen LogP contribution in [0.25, 0.3) is 0 Å². The third kappa shape index (κ3) is 3.89. The lowest BCUT2D eigenvalue weighted by Crippen LogP contribution is -2.56. The van der Waals surface area contributed by atoms with Crippen LogP contribution in [0.4, 0.5) is 0 Å². The first kappa shape index (κ1) is 16.2. The fourth-order valence-corrected chi connectivity index (χ4v) is 1.80. The predicted octanol–water partition coefficient (Wildman–Crippen LogP) is 0.0648. The van der Waals surface area contributed by atoms with E-state index in [0.717, 1.165) is 0 Å². The third-order valence-electron chi connectivity index (χ3n) is 2.78. The highest BCUT2D eigenvalue weighted by Gasteiger charge is 2.43. The molecule has 0 bridgehead atoms. The molecule has 0 aromatic heterocycles. The molecule has 6 heteroatoms. The number of carbonyl (C=O) groups excluding carboxylic acids is 3. The van der Waals surface area contributed by atoms with Gasteiger partial charge in [0.05, 0.1) is 13.1 Å². The Morgan fingerprint density at radius 2 is 1.72 bits per heavy atom. The Kier molecular flexibility index (Phi) is 7.46. The number of aldehydes is 3. The van der Waals surface area contributed by atoms with Crippen LogP contribution >= 0.6 is 0 Å². The zero-order valence-electron chi connectivity index (χ0n) is 10.1. The van der Waals surface area contributed by atoms with Crippen LogP contribution in [-0.2, 0) is 19.2 Å². The van der Waals surface area contributed by atoms with Crippen LogP contribution in [0.15, 0.2) is 12.7 Å².